The Labute approximate surface area is 290 Å². The molecular weight excluding hydrogens is 647 g/mol. The number of aryl methyl sites for hydroxylation is 1. The Morgan fingerprint density at radius 3 is 2.27 bits per heavy atom. The van der Waals surface area contributed by atoms with E-state index >= 15 is 0 Å². The number of hydrogen-bond donors (Lipinski definition) is 4. The first-order valence-corrected chi connectivity index (χ1v) is 20.1. The Morgan fingerprint density at radius 2 is 1.62 bits per heavy atom. The maximum atomic E-state index is 14.2. The van der Waals surface area contributed by atoms with Crippen molar-refractivity contribution >= 4 is 38.9 Å². The van der Waals surface area contributed by atoms with Gasteiger partial charge in [-0.1, -0.05) is 82.7 Å². The fraction of sp³-hybridized carbons (Fsp3) is 0.611. The van der Waals surface area contributed by atoms with Crippen LogP contribution in [0, 0.1) is 30.6 Å². The fourth-order valence-electron chi connectivity index (χ4n) is 7.32. The third-order valence-electron chi connectivity index (χ3n) is 9.67. The average Bonchev–Trinajstić information content (AvgIpc) is 3.49. The molecule has 0 bridgehead atoms. The Morgan fingerprint density at radius 1 is 0.958 bits per heavy atom. The zero-order valence-electron chi connectivity index (χ0n) is 28.7. The normalized spacial score (nSPS) is 21.7. The number of rotatable bonds is 15. The maximum absolute atomic E-state index is 14.2. The number of carbonyl (C=O) groups excluding carboxylic acids is 3. The van der Waals surface area contributed by atoms with E-state index in [1.54, 1.807) is 0 Å². The molecule has 10 nitrogen and oxygen atoms in total. The number of thiazole rings is 1. The van der Waals surface area contributed by atoms with Crippen LogP contribution in [-0.2, 0) is 32.4 Å². The van der Waals surface area contributed by atoms with E-state index in [2.05, 4.69) is 20.9 Å². The second-order valence-corrected chi connectivity index (χ2v) is 17.3. The van der Waals surface area contributed by atoms with Crippen LogP contribution in [0.5, 0.6) is 0 Å². The SMILES string of the molecule is Cc1ncc(C(=O)N[C@@H](CC(C)C)C(=O)N[C@@H](CC2CCCC3CCCCC32)C(=O)N[C@H](/C=C/S(C)(=O)=O)Cc2ccc(CN)cc2)s1. The highest BCUT2D eigenvalue weighted by Crippen LogP contribution is 2.45. The Kier molecular flexibility index (Phi) is 13.8. The highest BCUT2D eigenvalue weighted by molar-refractivity contribution is 7.93. The fourth-order valence-corrected chi connectivity index (χ4v) is 8.48. The first-order valence-electron chi connectivity index (χ1n) is 17.3. The van der Waals surface area contributed by atoms with Gasteiger partial charge in [0, 0.05) is 18.2 Å². The summed E-state index contributed by atoms with van der Waals surface area (Å²) in [6.45, 7) is 6.19. The number of nitrogens with two attached hydrogens (primary N) is 1. The number of fused-ring (bicyclic) bond motifs is 1. The van der Waals surface area contributed by atoms with E-state index in [9.17, 15) is 22.8 Å². The highest BCUT2D eigenvalue weighted by atomic mass is 32.2. The van der Waals surface area contributed by atoms with Gasteiger partial charge in [-0.25, -0.2) is 13.4 Å². The van der Waals surface area contributed by atoms with Gasteiger partial charge in [-0.15, -0.1) is 11.3 Å². The van der Waals surface area contributed by atoms with Crippen LogP contribution in [0.4, 0.5) is 0 Å². The summed E-state index contributed by atoms with van der Waals surface area (Å²) < 4.78 is 24.2. The van der Waals surface area contributed by atoms with Gasteiger partial charge in [0.2, 0.25) is 11.8 Å². The average molecular weight is 700 g/mol. The van der Waals surface area contributed by atoms with E-state index in [0.29, 0.717) is 42.5 Å². The molecule has 0 saturated heterocycles. The molecule has 1 aromatic carbocycles. The van der Waals surface area contributed by atoms with Crippen LogP contribution < -0.4 is 21.7 Å². The van der Waals surface area contributed by atoms with Crippen molar-refractivity contribution in [2.75, 3.05) is 6.26 Å². The summed E-state index contributed by atoms with van der Waals surface area (Å²) in [5.41, 5.74) is 7.64. The molecule has 0 aliphatic heterocycles. The number of aromatic nitrogens is 1. The van der Waals surface area contributed by atoms with Crippen LogP contribution in [0.25, 0.3) is 0 Å². The minimum atomic E-state index is -3.45. The van der Waals surface area contributed by atoms with Crippen molar-refractivity contribution in [2.45, 2.75) is 110 Å². The summed E-state index contributed by atoms with van der Waals surface area (Å²) in [4.78, 5) is 45.9. The topological polar surface area (TPSA) is 160 Å². The highest BCUT2D eigenvalue weighted by Gasteiger charge is 2.38. The quantitative estimate of drug-likeness (QED) is 0.207. The number of amides is 3. The number of carbonyl (C=O) groups is 3. The Bertz CT molecular complexity index is 1520. The van der Waals surface area contributed by atoms with E-state index in [1.165, 1.54) is 49.3 Å². The number of benzene rings is 1. The summed E-state index contributed by atoms with van der Waals surface area (Å²) >= 11 is 1.26. The lowest BCUT2D eigenvalue weighted by molar-refractivity contribution is -0.131. The molecule has 1 heterocycles. The molecule has 2 fully saturated rings. The van der Waals surface area contributed by atoms with Crippen molar-refractivity contribution in [1.82, 2.24) is 20.9 Å². The minimum absolute atomic E-state index is 0.106. The lowest BCUT2D eigenvalue weighted by Gasteiger charge is -2.42. The zero-order valence-corrected chi connectivity index (χ0v) is 30.4. The molecule has 48 heavy (non-hydrogen) atoms. The summed E-state index contributed by atoms with van der Waals surface area (Å²) in [5, 5.41) is 10.9. The van der Waals surface area contributed by atoms with Crippen LogP contribution >= 0.6 is 11.3 Å². The first-order chi connectivity index (χ1) is 22.8. The molecule has 3 unspecified atom stereocenters. The molecule has 0 radical (unpaired) electrons. The van der Waals surface area contributed by atoms with Crippen LogP contribution in [0.2, 0.25) is 0 Å². The van der Waals surface area contributed by atoms with Gasteiger partial charge >= 0.3 is 0 Å². The van der Waals surface area contributed by atoms with Gasteiger partial charge in [0.1, 0.15) is 17.0 Å². The van der Waals surface area contributed by atoms with Crippen LogP contribution in [-0.4, -0.2) is 55.5 Å². The largest absolute Gasteiger partial charge is 0.348 e. The summed E-state index contributed by atoms with van der Waals surface area (Å²) in [6.07, 6.45) is 13.5. The predicted octanol–water partition coefficient (Wildman–Crippen LogP) is 4.82. The third-order valence-corrected chi connectivity index (χ3v) is 11.2. The molecule has 1 aromatic heterocycles. The zero-order chi connectivity index (χ0) is 34.8. The molecule has 4 rings (SSSR count). The van der Waals surface area contributed by atoms with Crippen molar-refractivity contribution in [2.24, 2.45) is 29.4 Å². The van der Waals surface area contributed by atoms with Crippen molar-refractivity contribution in [1.29, 1.82) is 0 Å². The maximum Gasteiger partial charge on any atom is 0.263 e. The molecule has 2 aliphatic rings. The molecule has 12 heteroatoms. The molecule has 6 atom stereocenters. The Hall–Kier alpha value is -3.09. The van der Waals surface area contributed by atoms with E-state index in [0.717, 1.165) is 47.1 Å². The van der Waals surface area contributed by atoms with E-state index in [1.807, 2.05) is 45.0 Å². The summed E-state index contributed by atoms with van der Waals surface area (Å²) in [6, 6.07) is 5.34. The van der Waals surface area contributed by atoms with Crippen LogP contribution in [0.1, 0.15) is 97.4 Å². The van der Waals surface area contributed by atoms with Gasteiger partial charge in [-0.2, -0.15) is 0 Å². The van der Waals surface area contributed by atoms with Crippen molar-refractivity contribution in [3.63, 3.8) is 0 Å². The van der Waals surface area contributed by atoms with Gasteiger partial charge in [0.15, 0.2) is 9.84 Å². The monoisotopic (exact) mass is 699 g/mol. The van der Waals surface area contributed by atoms with Crippen molar-refractivity contribution in [3.8, 4) is 0 Å². The number of nitrogens with one attached hydrogen (secondary N) is 3. The van der Waals surface area contributed by atoms with Gasteiger partial charge in [0.05, 0.1) is 17.2 Å². The lowest BCUT2D eigenvalue weighted by atomic mass is 9.64. The number of nitrogens with zero attached hydrogens (tertiary/aromatic N) is 1. The van der Waals surface area contributed by atoms with Gasteiger partial charge in [0.25, 0.3) is 5.91 Å². The smallest absolute Gasteiger partial charge is 0.263 e. The second-order valence-electron chi connectivity index (χ2n) is 14.1. The van der Waals surface area contributed by atoms with Gasteiger partial charge in [-0.3, -0.25) is 14.4 Å². The second kappa shape index (κ2) is 17.5. The van der Waals surface area contributed by atoms with Crippen LogP contribution in [0.15, 0.2) is 41.9 Å². The van der Waals surface area contributed by atoms with Crippen molar-refractivity contribution in [3.05, 3.63) is 63.0 Å². The molecular formula is C36H53N5O5S2. The molecule has 2 aromatic rings. The summed E-state index contributed by atoms with van der Waals surface area (Å²) in [7, 11) is -3.45. The molecule has 5 N–H and O–H groups in total. The van der Waals surface area contributed by atoms with Gasteiger partial charge < -0.3 is 21.7 Å². The lowest BCUT2D eigenvalue weighted by Crippen LogP contribution is -2.56. The number of hydrogen-bond acceptors (Lipinski definition) is 8. The number of sulfone groups is 1. The standard InChI is InChI=1S/C36H53N5O5S2/c1-23(2)18-31(41-36(44)33-22-38-24(3)47-33)35(43)40-32(20-28-10-7-9-27-8-5-6-11-30(27)28)34(42)39-29(16-17-48(4,45)46)19-25-12-14-26(21-37)15-13-25/h12-17,22-23,27-32H,5-11,18-21,37H2,1-4H3,(H,39,42)(H,40,43)(H,41,44)/b17-16+/t27?,28?,29-,30?,31+,32+/m1/s1. The molecule has 0 spiro atoms. The minimum Gasteiger partial charge on any atom is -0.348 e. The third kappa shape index (κ3) is 11.5. The van der Waals surface area contributed by atoms with E-state index in [4.69, 9.17) is 5.73 Å². The molecule has 264 valence electrons. The van der Waals surface area contributed by atoms with Gasteiger partial charge in [-0.05, 0) is 67.4 Å². The predicted molar refractivity (Wildman–Crippen MR) is 191 cm³/mol. The molecule has 2 aliphatic carbocycles. The molecule has 3 amide bonds. The molecule has 2 saturated carbocycles. The first kappa shape index (κ1) is 37.7. The van der Waals surface area contributed by atoms with E-state index < -0.39 is 33.9 Å². The van der Waals surface area contributed by atoms with E-state index in [-0.39, 0.29) is 23.7 Å². The Balaban J connectivity index is 1.58. The van der Waals surface area contributed by atoms with Crippen LogP contribution in [0.3, 0.4) is 0 Å². The summed E-state index contributed by atoms with van der Waals surface area (Å²) in [5.74, 6) is 0.412. The van der Waals surface area contributed by atoms with Crippen molar-refractivity contribution < 1.29 is 22.8 Å².